The van der Waals surface area contributed by atoms with Crippen molar-refractivity contribution < 1.29 is 8.94 Å². The number of tetrazole rings is 1. The lowest BCUT2D eigenvalue weighted by Crippen LogP contribution is -2.04. The Morgan fingerprint density at radius 1 is 0.906 bits per heavy atom. The molecule has 0 amide bonds. The van der Waals surface area contributed by atoms with Crippen LogP contribution in [0.25, 0.3) is 28.4 Å². The fourth-order valence-electron chi connectivity index (χ4n) is 3.51. The Hall–Kier alpha value is -3.79. The first-order valence-electron chi connectivity index (χ1n) is 9.94. The molecule has 0 spiro atoms. The van der Waals surface area contributed by atoms with E-state index in [4.69, 9.17) is 8.94 Å². The standard InChI is InChI=1S/C22H19N7O2S/c1-13-8-7-9-14(2)20(13)29-22(25-27-28-29)32-12-17-23-24-21(30-17)18-15(3)31-26-19(18)16-10-5-4-6-11-16/h4-11H,12H2,1-3H3. The second-order valence-corrected chi connectivity index (χ2v) is 8.17. The number of aryl methyl sites for hydroxylation is 3. The molecule has 3 heterocycles. The molecule has 10 heteroatoms. The SMILES string of the molecule is Cc1cccc(C)c1-n1nnnc1SCc1nnc(-c2c(-c3ccccc3)noc2C)o1. The minimum absolute atomic E-state index is 0.368. The van der Waals surface area contributed by atoms with Gasteiger partial charge in [0, 0.05) is 5.56 Å². The van der Waals surface area contributed by atoms with E-state index in [2.05, 4.69) is 30.9 Å². The number of benzene rings is 2. The van der Waals surface area contributed by atoms with Crippen molar-refractivity contribution in [3.63, 3.8) is 0 Å². The van der Waals surface area contributed by atoms with Crippen LogP contribution in [0.4, 0.5) is 0 Å². The molecule has 5 aromatic rings. The minimum Gasteiger partial charge on any atom is -0.420 e. The van der Waals surface area contributed by atoms with E-state index < -0.39 is 0 Å². The Balaban J connectivity index is 1.39. The fraction of sp³-hybridized carbons (Fsp3) is 0.182. The van der Waals surface area contributed by atoms with E-state index in [1.54, 1.807) is 4.68 Å². The van der Waals surface area contributed by atoms with Crippen LogP contribution in [-0.2, 0) is 5.75 Å². The third-order valence-electron chi connectivity index (χ3n) is 5.01. The van der Waals surface area contributed by atoms with Gasteiger partial charge in [0.25, 0.3) is 5.89 Å². The van der Waals surface area contributed by atoms with Gasteiger partial charge in [-0.3, -0.25) is 0 Å². The molecule has 3 aromatic heterocycles. The summed E-state index contributed by atoms with van der Waals surface area (Å²) in [4.78, 5) is 0. The fourth-order valence-corrected chi connectivity index (χ4v) is 4.22. The van der Waals surface area contributed by atoms with Crippen LogP contribution < -0.4 is 0 Å². The van der Waals surface area contributed by atoms with Gasteiger partial charge >= 0.3 is 0 Å². The first kappa shape index (κ1) is 20.1. The van der Waals surface area contributed by atoms with Crippen LogP contribution in [-0.4, -0.2) is 35.6 Å². The molecule has 0 N–H and O–H groups in total. The summed E-state index contributed by atoms with van der Waals surface area (Å²) in [7, 11) is 0. The molecule has 2 aromatic carbocycles. The van der Waals surface area contributed by atoms with E-state index in [1.807, 2.05) is 69.3 Å². The highest BCUT2D eigenvalue weighted by atomic mass is 32.2. The van der Waals surface area contributed by atoms with Crippen molar-refractivity contribution in [1.82, 2.24) is 35.6 Å². The van der Waals surface area contributed by atoms with Crippen LogP contribution in [0.15, 0.2) is 62.6 Å². The van der Waals surface area contributed by atoms with Gasteiger partial charge < -0.3 is 8.94 Å². The lowest BCUT2D eigenvalue weighted by molar-refractivity contribution is 0.399. The lowest BCUT2D eigenvalue weighted by atomic mass is 10.1. The highest BCUT2D eigenvalue weighted by Crippen LogP contribution is 2.34. The number of thioether (sulfide) groups is 1. The van der Waals surface area contributed by atoms with Crippen molar-refractivity contribution >= 4 is 11.8 Å². The first-order valence-corrected chi connectivity index (χ1v) is 10.9. The summed E-state index contributed by atoms with van der Waals surface area (Å²) in [5.41, 5.74) is 5.44. The zero-order chi connectivity index (χ0) is 22.1. The van der Waals surface area contributed by atoms with E-state index in [-0.39, 0.29) is 0 Å². The van der Waals surface area contributed by atoms with Crippen molar-refractivity contribution in [3.05, 3.63) is 71.3 Å². The average molecular weight is 446 g/mol. The summed E-state index contributed by atoms with van der Waals surface area (Å²) in [6.07, 6.45) is 0. The maximum Gasteiger partial charge on any atom is 0.253 e. The van der Waals surface area contributed by atoms with Crippen LogP contribution in [0.5, 0.6) is 0 Å². The molecule has 0 unspecified atom stereocenters. The highest BCUT2D eigenvalue weighted by Gasteiger charge is 2.22. The van der Waals surface area contributed by atoms with E-state index in [1.165, 1.54) is 11.8 Å². The van der Waals surface area contributed by atoms with Gasteiger partial charge in [-0.05, 0) is 42.3 Å². The van der Waals surface area contributed by atoms with Crippen molar-refractivity contribution in [2.24, 2.45) is 0 Å². The van der Waals surface area contributed by atoms with Crippen LogP contribution in [0.1, 0.15) is 22.8 Å². The smallest absolute Gasteiger partial charge is 0.253 e. The maximum absolute atomic E-state index is 5.94. The average Bonchev–Trinajstić information content (AvgIpc) is 3.53. The largest absolute Gasteiger partial charge is 0.420 e. The summed E-state index contributed by atoms with van der Waals surface area (Å²) >= 11 is 1.43. The summed E-state index contributed by atoms with van der Waals surface area (Å²) < 4.78 is 13.1. The lowest BCUT2D eigenvalue weighted by Gasteiger charge is -2.09. The van der Waals surface area contributed by atoms with Gasteiger partial charge in [-0.15, -0.1) is 15.3 Å². The quantitative estimate of drug-likeness (QED) is 0.347. The summed E-state index contributed by atoms with van der Waals surface area (Å²) in [6, 6.07) is 15.8. The van der Waals surface area contributed by atoms with E-state index in [0.717, 1.165) is 22.4 Å². The second kappa shape index (κ2) is 8.39. The van der Waals surface area contributed by atoms with Gasteiger partial charge in [0.2, 0.25) is 11.0 Å². The Morgan fingerprint density at radius 3 is 2.47 bits per heavy atom. The van der Waals surface area contributed by atoms with Gasteiger partial charge in [0.05, 0.1) is 11.4 Å². The van der Waals surface area contributed by atoms with Crippen molar-refractivity contribution in [3.8, 4) is 28.4 Å². The van der Waals surface area contributed by atoms with Crippen LogP contribution in [0.3, 0.4) is 0 Å². The Labute approximate surface area is 187 Å². The highest BCUT2D eigenvalue weighted by molar-refractivity contribution is 7.98. The number of nitrogens with zero attached hydrogens (tertiary/aromatic N) is 7. The van der Waals surface area contributed by atoms with E-state index in [0.29, 0.717) is 39.7 Å². The Bertz CT molecular complexity index is 1350. The molecule has 0 fully saturated rings. The molecule has 0 bridgehead atoms. The number of hydrogen-bond donors (Lipinski definition) is 0. The molecule has 0 aliphatic heterocycles. The van der Waals surface area contributed by atoms with Gasteiger partial charge in [0.15, 0.2) is 0 Å². The van der Waals surface area contributed by atoms with E-state index in [9.17, 15) is 0 Å². The molecular weight excluding hydrogens is 426 g/mol. The topological polar surface area (TPSA) is 109 Å². The third-order valence-corrected chi connectivity index (χ3v) is 5.91. The zero-order valence-electron chi connectivity index (χ0n) is 17.7. The molecule has 0 saturated heterocycles. The first-order chi connectivity index (χ1) is 15.6. The molecule has 160 valence electrons. The van der Waals surface area contributed by atoms with Crippen molar-refractivity contribution in [1.29, 1.82) is 0 Å². The molecule has 0 aliphatic carbocycles. The number of aromatic nitrogens is 7. The summed E-state index contributed by atoms with van der Waals surface area (Å²) in [5.74, 6) is 1.86. The zero-order valence-corrected chi connectivity index (χ0v) is 18.5. The van der Waals surface area contributed by atoms with Crippen LogP contribution in [0, 0.1) is 20.8 Å². The summed E-state index contributed by atoms with van der Waals surface area (Å²) in [6.45, 7) is 5.90. The molecule has 32 heavy (non-hydrogen) atoms. The normalized spacial score (nSPS) is 11.2. The molecule has 0 atom stereocenters. The molecule has 0 aliphatic rings. The Kier molecular flexibility index (Phi) is 5.28. The predicted molar refractivity (Wildman–Crippen MR) is 118 cm³/mol. The molecule has 9 nitrogen and oxygen atoms in total. The number of rotatable bonds is 6. The molecule has 0 saturated carbocycles. The number of hydrogen-bond acceptors (Lipinski definition) is 9. The second-order valence-electron chi connectivity index (χ2n) is 7.23. The van der Waals surface area contributed by atoms with Gasteiger partial charge in [-0.2, -0.15) is 4.68 Å². The summed E-state index contributed by atoms with van der Waals surface area (Å²) in [5, 5.41) is 25.4. The molecule has 0 radical (unpaired) electrons. The third kappa shape index (κ3) is 3.69. The van der Waals surface area contributed by atoms with Crippen molar-refractivity contribution in [2.75, 3.05) is 0 Å². The predicted octanol–water partition coefficient (Wildman–Crippen LogP) is 4.58. The Morgan fingerprint density at radius 2 is 1.69 bits per heavy atom. The monoisotopic (exact) mass is 445 g/mol. The van der Waals surface area contributed by atoms with Crippen molar-refractivity contribution in [2.45, 2.75) is 31.7 Å². The minimum atomic E-state index is 0.368. The van der Waals surface area contributed by atoms with Crippen LogP contribution >= 0.6 is 11.8 Å². The van der Waals surface area contributed by atoms with Gasteiger partial charge in [0.1, 0.15) is 17.0 Å². The number of para-hydroxylation sites is 1. The van der Waals surface area contributed by atoms with Gasteiger partial charge in [-0.1, -0.05) is 65.4 Å². The molecule has 5 rings (SSSR count). The van der Waals surface area contributed by atoms with Gasteiger partial charge in [-0.25, -0.2) is 0 Å². The molecular formula is C22H19N7O2S. The van der Waals surface area contributed by atoms with Crippen LogP contribution in [0.2, 0.25) is 0 Å². The maximum atomic E-state index is 5.94. The van der Waals surface area contributed by atoms with E-state index >= 15 is 0 Å².